The fourth-order valence-electron chi connectivity index (χ4n) is 3.01. The Balaban J connectivity index is 1.98. The highest BCUT2D eigenvalue weighted by Gasteiger charge is 2.19. The molecule has 0 unspecified atom stereocenters. The van der Waals surface area contributed by atoms with E-state index in [1.165, 1.54) is 16.7 Å². The first-order chi connectivity index (χ1) is 12.1. The van der Waals surface area contributed by atoms with Crippen molar-refractivity contribution in [2.45, 2.75) is 66.0 Å². The Morgan fingerprint density at radius 3 is 2.15 bits per heavy atom. The number of hydrogen-bond donors (Lipinski definition) is 1. The van der Waals surface area contributed by atoms with Crippen LogP contribution in [0, 0.1) is 13.8 Å². The van der Waals surface area contributed by atoms with Gasteiger partial charge in [-0.3, -0.25) is 4.79 Å². The van der Waals surface area contributed by atoms with Gasteiger partial charge in [0.1, 0.15) is 5.75 Å². The summed E-state index contributed by atoms with van der Waals surface area (Å²) in [5.74, 6) is 0.595. The van der Waals surface area contributed by atoms with Crippen LogP contribution in [0.2, 0.25) is 0 Å². The first-order valence-electron chi connectivity index (χ1n) is 9.22. The third-order valence-electron chi connectivity index (χ3n) is 4.65. The summed E-state index contributed by atoms with van der Waals surface area (Å²) in [4.78, 5) is 12.5. The van der Waals surface area contributed by atoms with E-state index in [-0.39, 0.29) is 17.4 Å². The molecule has 1 N–H and O–H groups in total. The van der Waals surface area contributed by atoms with Gasteiger partial charge in [-0.25, -0.2) is 0 Å². The predicted octanol–water partition coefficient (Wildman–Crippen LogP) is 5.25. The van der Waals surface area contributed by atoms with Crippen molar-refractivity contribution in [2.24, 2.45) is 0 Å². The molecule has 0 spiro atoms. The molecule has 0 bridgehead atoms. The van der Waals surface area contributed by atoms with Crippen molar-refractivity contribution < 1.29 is 9.53 Å². The summed E-state index contributed by atoms with van der Waals surface area (Å²) in [7, 11) is 0. The van der Waals surface area contributed by atoms with Gasteiger partial charge in [-0.1, -0.05) is 56.7 Å². The van der Waals surface area contributed by atoms with Crippen molar-refractivity contribution in [3.63, 3.8) is 0 Å². The first-order valence-corrected chi connectivity index (χ1v) is 9.22. The first kappa shape index (κ1) is 20.0. The van der Waals surface area contributed by atoms with Crippen LogP contribution in [0.1, 0.15) is 62.9 Å². The molecule has 0 aliphatic carbocycles. The van der Waals surface area contributed by atoms with Gasteiger partial charge in [0.15, 0.2) is 6.10 Å². The van der Waals surface area contributed by atoms with Gasteiger partial charge < -0.3 is 10.1 Å². The quantitative estimate of drug-likeness (QED) is 0.798. The SMILES string of the molecule is Cc1ccc([C@@H](C)NC(=O)[C@H](C)Oc2ccc(C(C)(C)C)cc2)c(C)c1. The Morgan fingerprint density at radius 1 is 1.00 bits per heavy atom. The molecule has 2 aromatic carbocycles. The van der Waals surface area contributed by atoms with E-state index in [2.05, 4.69) is 70.3 Å². The van der Waals surface area contributed by atoms with Gasteiger partial charge in [0, 0.05) is 0 Å². The highest BCUT2D eigenvalue weighted by Crippen LogP contribution is 2.25. The van der Waals surface area contributed by atoms with Gasteiger partial charge in [-0.15, -0.1) is 0 Å². The molecule has 0 aliphatic heterocycles. The van der Waals surface area contributed by atoms with Gasteiger partial charge in [-0.05, 0) is 61.9 Å². The molecule has 0 saturated heterocycles. The van der Waals surface area contributed by atoms with Crippen LogP contribution in [0.4, 0.5) is 0 Å². The largest absolute Gasteiger partial charge is 0.481 e. The van der Waals surface area contributed by atoms with Crippen LogP contribution >= 0.6 is 0 Å². The molecule has 0 saturated carbocycles. The van der Waals surface area contributed by atoms with Gasteiger partial charge in [0.05, 0.1) is 6.04 Å². The number of carbonyl (C=O) groups is 1. The lowest BCUT2D eigenvalue weighted by Crippen LogP contribution is -2.38. The highest BCUT2D eigenvalue weighted by atomic mass is 16.5. The van der Waals surface area contributed by atoms with Gasteiger partial charge in [0.25, 0.3) is 5.91 Å². The lowest BCUT2D eigenvalue weighted by molar-refractivity contribution is -0.127. The average Bonchev–Trinajstić information content (AvgIpc) is 2.54. The number of carbonyl (C=O) groups excluding carboxylic acids is 1. The molecule has 0 aliphatic rings. The highest BCUT2D eigenvalue weighted by molar-refractivity contribution is 5.81. The van der Waals surface area contributed by atoms with Gasteiger partial charge >= 0.3 is 0 Å². The smallest absolute Gasteiger partial charge is 0.261 e. The summed E-state index contributed by atoms with van der Waals surface area (Å²) < 4.78 is 5.82. The lowest BCUT2D eigenvalue weighted by Gasteiger charge is -2.22. The fourth-order valence-corrected chi connectivity index (χ4v) is 3.01. The maximum absolute atomic E-state index is 12.5. The Kier molecular flexibility index (Phi) is 6.12. The number of nitrogens with one attached hydrogen (secondary N) is 1. The van der Waals surface area contributed by atoms with Crippen LogP contribution < -0.4 is 10.1 Å². The molecule has 2 rings (SSSR count). The third-order valence-corrected chi connectivity index (χ3v) is 4.65. The molecule has 26 heavy (non-hydrogen) atoms. The van der Waals surface area contributed by atoms with Crippen LogP contribution in [0.25, 0.3) is 0 Å². The summed E-state index contributed by atoms with van der Waals surface area (Å²) in [6.45, 7) is 14.4. The van der Waals surface area contributed by atoms with Crippen LogP contribution in [-0.4, -0.2) is 12.0 Å². The minimum absolute atomic E-state index is 0.0579. The third kappa shape index (κ3) is 5.10. The maximum atomic E-state index is 12.5. The van der Waals surface area contributed by atoms with Crippen molar-refractivity contribution in [2.75, 3.05) is 0 Å². The van der Waals surface area contributed by atoms with Crippen LogP contribution in [-0.2, 0) is 10.2 Å². The Labute approximate surface area is 157 Å². The Bertz CT molecular complexity index is 757. The Hall–Kier alpha value is -2.29. The number of benzene rings is 2. The number of hydrogen-bond acceptors (Lipinski definition) is 2. The molecule has 1 amide bonds. The van der Waals surface area contributed by atoms with E-state index in [1.807, 2.05) is 19.1 Å². The predicted molar refractivity (Wildman–Crippen MR) is 108 cm³/mol. The van der Waals surface area contributed by atoms with E-state index >= 15 is 0 Å². The molecule has 0 radical (unpaired) electrons. The summed E-state index contributed by atoms with van der Waals surface area (Å²) in [5, 5.41) is 3.05. The molecule has 0 fully saturated rings. The summed E-state index contributed by atoms with van der Waals surface area (Å²) in [6, 6.07) is 14.2. The van der Waals surface area contributed by atoms with Crippen molar-refractivity contribution in [1.29, 1.82) is 0 Å². The molecule has 3 heteroatoms. The van der Waals surface area contributed by atoms with Crippen molar-refractivity contribution in [1.82, 2.24) is 5.32 Å². The number of amides is 1. The van der Waals surface area contributed by atoms with Crippen LogP contribution in [0.15, 0.2) is 42.5 Å². The molecule has 0 heterocycles. The van der Waals surface area contributed by atoms with E-state index in [0.29, 0.717) is 5.75 Å². The minimum Gasteiger partial charge on any atom is -0.481 e. The van der Waals surface area contributed by atoms with Gasteiger partial charge in [-0.2, -0.15) is 0 Å². The molecular formula is C23H31NO2. The summed E-state index contributed by atoms with van der Waals surface area (Å²) in [5.41, 5.74) is 4.88. The number of rotatable bonds is 5. The second-order valence-electron chi connectivity index (χ2n) is 8.12. The van der Waals surface area contributed by atoms with E-state index in [1.54, 1.807) is 6.92 Å². The van der Waals surface area contributed by atoms with Crippen molar-refractivity contribution in [3.8, 4) is 5.75 Å². The maximum Gasteiger partial charge on any atom is 0.261 e. The molecule has 3 nitrogen and oxygen atoms in total. The molecule has 2 aromatic rings. The normalized spacial score (nSPS) is 13.8. The molecule has 0 aromatic heterocycles. The van der Waals surface area contributed by atoms with E-state index in [9.17, 15) is 4.79 Å². The monoisotopic (exact) mass is 353 g/mol. The van der Waals surface area contributed by atoms with E-state index in [0.717, 1.165) is 5.56 Å². The molecule has 140 valence electrons. The minimum atomic E-state index is -0.552. The van der Waals surface area contributed by atoms with E-state index in [4.69, 9.17) is 4.74 Å². The zero-order valence-electron chi connectivity index (χ0n) is 17.0. The van der Waals surface area contributed by atoms with Gasteiger partial charge in [0.2, 0.25) is 0 Å². The standard InChI is InChI=1S/C23H31NO2/c1-15-8-13-21(16(2)14-15)17(3)24-22(25)18(4)26-20-11-9-19(10-12-20)23(5,6)7/h8-14,17-18H,1-7H3,(H,24,25)/t17-,18+/m1/s1. The molecule has 2 atom stereocenters. The van der Waals surface area contributed by atoms with Crippen molar-refractivity contribution in [3.05, 3.63) is 64.7 Å². The van der Waals surface area contributed by atoms with Crippen molar-refractivity contribution >= 4 is 5.91 Å². The van der Waals surface area contributed by atoms with Crippen LogP contribution in [0.5, 0.6) is 5.75 Å². The number of ether oxygens (including phenoxy) is 1. The topological polar surface area (TPSA) is 38.3 Å². The average molecular weight is 354 g/mol. The van der Waals surface area contributed by atoms with Crippen LogP contribution in [0.3, 0.4) is 0 Å². The lowest BCUT2D eigenvalue weighted by atomic mass is 9.87. The molecular weight excluding hydrogens is 322 g/mol. The zero-order valence-corrected chi connectivity index (χ0v) is 17.0. The van der Waals surface area contributed by atoms with E-state index < -0.39 is 6.10 Å². The Morgan fingerprint density at radius 2 is 1.62 bits per heavy atom. The zero-order chi connectivity index (χ0) is 19.5. The second-order valence-corrected chi connectivity index (χ2v) is 8.12. The summed E-state index contributed by atoms with van der Waals surface area (Å²) in [6.07, 6.45) is -0.552. The summed E-state index contributed by atoms with van der Waals surface area (Å²) >= 11 is 0. The second kappa shape index (κ2) is 7.94. The number of aryl methyl sites for hydroxylation is 2. The fraction of sp³-hybridized carbons (Fsp3) is 0.435.